The van der Waals surface area contributed by atoms with Gasteiger partial charge in [0.1, 0.15) is 11.2 Å². The Balaban J connectivity index is 1.44. The second-order valence-corrected chi connectivity index (χ2v) is 10.6. The molecule has 2 nitrogen and oxygen atoms in total. The second-order valence-electron chi connectivity index (χ2n) is 10.6. The van der Waals surface area contributed by atoms with E-state index in [1.807, 2.05) is 0 Å². The van der Waals surface area contributed by atoms with Crippen molar-refractivity contribution in [3.8, 4) is 22.3 Å². The Morgan fingerprint density at radius 2 is 1.12 bits per heavy atom. The van der Waals surface area contributed by atoms with Crippen molar-refractivity contribution in [3.63, 3.8) is 0 Å². The molecule has 0 fully saturated rings. The summed E-state index contributed by atoms with van der Waals surface area (Å²) in [5.41, 5.74) is 9.79. The van der Waals surface area contributed by atoms with Gasteiger partial charge < -0.3 is 9.32 Å². The van der Waals surface area contributed by atoms with Crippen molar-refractivity contribution in [2.75, 3.05) is 4.90 Å². The fourth-order valence-electron chi connectivity index (χ4n) is 6.10. The number of benzene rings is 7. The quantitative estimate of drug-likeness (QED) is 0.217. The number of hydrogen-bond donors (Lipinski definition) is 0. The van der Waals surface area contributed by atoms with Gasteiger partial charge in [-0.15, -0.1) is 0 Å². The standard InChI is InChI=1S/C40H27NO/c1-4-13-28(14-5-1)31-24-26-36(35(27-31)29-15-6-2-7-16-29)41(32-18-8-3-9-19-32)37-21-12-22-38-39(37)34-25-23-30-17-10-11-20-33(30)40(34)42-38/h1-27H. The molecule has 0 spiro atoms. The summed E-state index contributed by atoms with van der Waals surface area (Å²) in [6.45, 7) is 0. The summed E-state index contributed by atoms with van der Waals surface area (Å²) in [7, 11) is 0. The number of rotatable bonds is 5. The lowest BCUT2D eigenvalue weighted by Gasteiger charge is -2.29. The molecule has 0 aliphatic carbocycles. The van der Waals surface area contributed by atoms with Gasteiger partial charge in [-0.3, -0.25) is 0 Å². The molecular weight excluding hydrogens is 510 g/mol. The maximum atomic E-state index is 6.59. The van der Waals surface area contributed by atoms with E-state index in [2.05, 4.69) is 169 Å². The molecule has 0 unspecified atom stereocenters. The van der Waals surface area contributed by atoms with E-state index in [1.165, 1.54) is 22.1 Å². The highest BCUT2D eigenvalue weighted by molar-refractivity contribution is 6.19. The van der Waals surface area contributed by atoms with Crippen LogP contribution in [0.4, 0.5) is 17.1 Å². The van der Waals surface area contributed by atoms with Crippen LogP contribution in [0.5, 0.6) is 0 Å². The normalized spacial score (nSPS) is 11.3. The highest BCUT2D eigenvalue weighted by atomic mass is 16.3. The van der Waals surface area contributed by atoms with E-state index in [0.29, 0.717) is 0 Å². The average Bonchev–Trinajstić information content (AvgIpc) is 3.46. The van der Waals surface area contributed by atoms with Gasteiger partial charge in [0.2, 0.25) is 0 Å². The van der Waals surface area contributed by atoms with E-state index in [9.17, 15) is 0 Å². The number of anilines is 3. The number of fused-ring (bicyclic) bond motifs is 5. The van der Waals surface area contributed by atoms with Crippen molar-refractivity contribution in [2.45, 2.75) is 0 Å². The average molecular weight is 538 g/mol. The SMILES string of the molecule is c1ccc(-c2ccc(N(c3ccccc3)c3cccc4oc5c6ccccc6ccc5c34)c(-c3ccccc3)c2)cc1. The van der Waals surface area contributed by atoms with E-state index in [1.54, 1.807) is 0 Å². The summed E-state index contributed by atoms with van der Waals surface area (Å²) < 4.78 is 6.59. The van der Waals surface area contributed by atoms with Gasteiger partial charge in [-0.25, -0.2) is 0 Å². The Bertz CT molecular complexity index is 2180. The van der Waals surface area contributed by atoms with Crippen molar-refractivity contribution in [2.24, 2.45) is 0 Å². The first-order valence-corrected chi connectivity index (χ1v) is 14.3. The van der Waals surface area contributed by atoms with Crippen LogP contribution in [0, 0.1) is 0 Å². The summed E-state index contributed by atoms with van der Waals surface area (Å²) in [4.78, 5) is 2.38. The fraction of sp³-hybridized carbons (Fsp3) is 0. The molecule has 8 aromatic rings. The summed E-state index contributed by atoms with van der Waals surface area (Å²) in [5.74, 6) is 0. The number of para-hydroxylation sites is 1. The lowest BCUT2D eigenvalue weighted by atomic mass is 9.96. The third-order valence-electron chi connectivity index (χ3n) is 8.05. The van der Waals surface area contributed by atoms with E-state index < -0.39 is 0 Å². The van der Waals surface area contributed by atoms with Gasteiger partial charge in [-0.05, 0) is 64.5 Å². The third kappa shape index (κ3) is 4.05. The Kier molecular flexibility index (Phi) is 5.82. The zero-order chi connectivity index (χ0) is 27.9. The number of furan rings is 1. The predicted molar refractivity (Wildman–Crippen MR) is 177 cm³/mol. The Hall–Kier alpha value is -5.60. The van der Waals surface area contributed by atoms with Crippen LogP contribution in [-0.4, -0.2) is 0 Å². The number of nitrogens with zero attached hydrogens (tertiary/aromatic N) is 1. The molecule has 8 rings (SSSR count). The minimum atomic E-state index is 0.877. The van der Waals surface area contributed by atoms with Crippen LogP contribution in [0.15, 0.2) is 168 Å². The van der Waals surface area contributed by atoms with Crippen molar-refractivity contribution in [1.82, 2.24) is 0 Å². The van der Waals surface area contributed by atoms with Crippen LogP contribution in [0.1, 0.15) is 0 Å². The Morgan fingerprint density at radius 3 is 1.90 bits per heavy atom. The lowest BCUT2D eigenvalue weighted by molar-refractivity contribution is 0.672. The summed E-state index contributed by atoms with van der Waals surface area (Å²) >= 11 is 0. The first-order chi connectivity index (χ1) is 20.8. The molecule has 0 saturated carbocycles. The van der Waals surface area contributed by atoms with Gasteiger partial charge in [0.05, 0.1) is 16.8 Å². The monoisotopic (exact) mass is 537 g/mol. The molecule has 42 heavy (non-hydrogen) atoms. The zero-order valence-corrected chi connectivity index (χ0v) is 22.9. The smallest absolute Gasteiger partial charge is 0.143 e. The van der Waals surface area contributed by atoms with Crippen LogP contribution >= 0.6 is 0 Å². The molecule has 1 heterocycles. The molecule has 0 aliphatic heterocycles. The van der Waals surface area contributed by atoms with Crippen molar-refractivity contribution in [3.05, 3.63) is 164 Å². The molecule has 0 amide bonds. The van der Waals surface area contributed by atoms with E-state index in [-0.39, 0.29) is 0 Å². The molecule has 0 radical (unpaired) electrons. The largest absolute Gasteiger partial charge is 0.455 e. The minimum absolute atomic E-state index is 0.877. The molecule has 0 aliphatic rings. The molecule has 7 aromatic carbocycles. The van der Waals surface area contributed by atoms with Gasteiger partial charge in [0.15, 0.2) is 0 Å². The maximum absolute atomic E-state index is 6.59. The number of hydrogen-bond acceptors (Lipinski definition) is 2. The van der Waals surface area contributed by atoms with Crippen LogP contribution in [-0.2, 0) is 0 Å². The Labute approximate surface area is 244 Å². The second kappa shape index (κ2) is 10.1. The molecule has 0 bridgehead atoms. The van der Waals surface area contributed by atoms with E-state index in [4.69, 9.17) is 4.42 Å². The van der Waals surface area contributed by atoms with E-state index >= 15 is 0 Å². The Morgan fingerprint density at radius 1 is 0.429 bits per heavy atom. The molecule has 2 heteroatoms. The maximum Gasteiger partial charge on any atom is 0.143 e. The minimum Gasteiger partial charge on any atom is -0.455 e. The van der Waals surface area contributed by atoms with Crippen LogP contribution in [0.25, 0.3) is 55.0 Å². The summed E-state index contributed by atoms with van der Waals surface area (Å²) in [6.07, 6.45) is 0. The molecule has 0 N–H and O–H groups in total. The van der Waals surface area contributed by atoms with Crippen molar-refractivity contribution in [1.29, 1.82) is 0 Å². The predicted octanol–water partition coefficient (Wildman–Crippen LogP) is 11.5. The van der Waals surface area contributed by atoms with Crippen LogP contribution < -0.4 is 4.90 Å². The highest BCUT2D eigenvalue weighted by Gasteiger charge is 2.22. The first kappa shape index (κ1) is 24.2. The van der Waals surface area contributed by atoms with Crippen LogP contribution in [0.2, 0.25) is 0 Å². The molecule has 0 atom stereocenters. The van der Waals surface area contributed by atoms with Gasteiger partial charge in [0.25, 0.3) is 0 Å². The molecule has 0 saturated heterocycles. The zero-order valence-electron chi connectivity index (χ0n) is 22.9. The van der Waals surface area contributed by atoms with E-state index in [0.717, 1.165) is 50.0 Å². The van der Waals surface area contributed by atoms with Gasteiger partial charge in [-0.2, -0.15) is 0 Å². The summed E-state index contributed by atoms with van der Waals surface area (Å²) in [5, 5.41) is 4.52. The van der Waals surface area contributed by atoms with Gasteiger partial charge >= 0.3 is 0 Å². The molecular formula is C40H27NO. The van der Waals surface area contributed by atoms with Gasteiger partial charge in [0, 0.05) is 22.0 Å². The van der Waals surface area contributed by atoms with Crippen LogP contribution in [0.3, 0.4) is 0 Å². The molecule has 1 aromatic heterocycles. The highest BCUT2D eigenvalue weighted by Crippen LogP contribution is 2.47. The molecule has 198 valence electrons. The first-order valence-electron chi connectivity index (χ1n) is 14.3. The van der Waals surface area contributed by atoms with Crippen molar-refractivity contribution < 1.29 is 4.42 Å². The topological polar surface area (TPSA) is 16.4 Å². The third-order valence-corrected chi connectivity index (χ3v) is 8.05. The summed E-state index contributed by atoms with van der Waals surface area (Å²) in [6, 6.07) is 57.9. The fourth-order valence-corrected chi connectivity index (χ4v) is 6.10. The lowest BCUT2D eigenvalue weighted by Crippen LogP contribution is -2.11. The van der Waals surface area contributed by atoms with Crippen molar-refractivity contribution >= 4 is 49.8 Å². The van der Waals surface area contributed by atoms with Gasteiger partial charge in [-0.1, -0.05) is 121 Å².